The van der Waals surface area contributed by atoms with E-state index in [0.29, 0.717) is 37.7 Å². The highest BCUT2D eigenvalue weighted by Gasteiger charge is 2.26. The third-order valence-electron chi connectivity index (χ3n) is 4.49. The first kappa shape index (κ1) is 20.1. The van der Waals surface area contributed by atoms with E-state index in [1.807, 2.05) is 0 Å². The minimum absolute atomic E-state index is 0. The van der Waals surface area contributed by atoms with Crippen molar-refractivity contribution in [3.05, 3.63) is 29.8 Å². The van der Waals surface area contributed by atoms with Crippen molar-refractivity contribution in [1.29, 1.82) is 0 Å². The van der Waals surface area contributed by atoms with Crippen molar-refractivity contribution in [3.63, 3.8) is 0 Å². The molecule has 2 aliphatic rings. The molecule has 0 radical (unpaired) electrons. The maximum absolute atomic E-state index is 12.3. The second kappa shape index (κ2) is 8.46. The Balaban J connectivity index is 0.00000225. The summed E-state index contributed by atoms with van der Waals surface area (Å²) < 4.78 is 27.1. The summed E-state index contributed by atoms with van der Waals surface area (Å²) in [6.45, 7) is 1.98. The average molecular weight is 390 g/mol. The van der Waals surface area contributed by atoms with E-state index in [4.69, 9.17) is 0 Å². The number of rotatable bonds is 7. The first-order chi connectivity index (χ1) is 11.5. The van der Waals surface area contributed by atoms with Crippen molar-refractivity contribution in [3.8, 4) is 0 Å². The summed E-state index contributed by atoms with van der Waals surface area (Å²) in [5.41, 5.74) is 0.296. The number of aliphatic hydroxyl groups is 1. The van der Waals surface area contributed by atoms with Gasteiger partial charge in [-0.25, -0.2) is 13.1 Å². The predicted octanol–water partition coefficient (Wildman–Crippen LogP) is 0.107. The molecule has 1 aromatic carbocycles. The van der Waals surface area contributed by atoms with E-state index in [1.54, 1.807) is 12.1 Å². The van der Waals surface area contributed by atoms with Crippen LogP contribution < -0.4 is 15.4 Å². The molecule has 1 heterocycles. The number of halogens is 1. The van der Waals surface area contributed by atoms with E-state index in [9.17, 15) is 18.3 Å². The molecular formula is C16H24ClN3O4S. The number of carbonyl (C=O) groups excluding carboxylic acids is 1. The van der Waals surface area contributed by atoms with Gasteiger partial charge in [0.05, 0.1) is 11.0 Å². The van der Waals surface area contributed by atoms with Crippen LogP contribution in [0.4, 0.5) is 0 Å². The zero-order valence-electron chi connectivity index (χ0n) is 13.8. The van der Waals surface area contributed by atoms with Gasteiger partial charge in [0.1, 0.15) is 0 Å². The summed E-state index contributed by atoms with van der Waals surface area (Å²) in [5, 5.41) is 15.5. The SMILES string of the molecule is Cl.O=C(NCC1CNCC1O)c1cccc(S(=O)(=O)NCC2CC2)c1. The molecule has 1 aliphatic carbocycles. The first-order valence-electron chi connectivity index (χ1n) is 8.22. The molecule has 0 aromatic heterocycles. The van der Waals surface area contributed by atoms with Crippen molar-refractivity contribution in [2.45, 2.75) is 23.8 Å². The van der Waals surface area contributed by atoms with Crippen LogP contribution in [0.15, 0.2) is 29.2 Å². The van der Waals surface area contributed by atoms with Gasteiger partial charge >= 0.3 is 0 Å². The molecule has 3 rings (SSSR count). The molecule has 0 spiro atoms. The number of aliphatic hydroxyl groups excluding tert-OH is 1. The van der Waals surface area contributed by atoms with Crippen LogP contribution in [-0.2, 0) is 10.0 Å². The summed E-state index contributed by atoms with van der Waals surface area (Å²) >= 11 is 0. The Kier molecular flexibility index (Phi) is 6.81. The fourth-order valence-electron chi connectivity index (χ4n) is 2.69. The Hall–Kier alpha value is -1.19. The molecule has 1 aromatic rings. The second-order valence-corrected chi connectivity index (χ2v) is 8.29. The van der Waals surface area contributed by atoms with Gasteiger partial charge in [0.25, 0.3) is 5.91 Å². The van der Waals surface area contributed by atoms with Gasteiger partial charge in [0.15, 0.2) is 0 Å². The van der Waals surface area contributed by atoms with E-state index in [0.717, 1.165) is 12.8 Å². The van der Waals surface area contributed by atoms with Gasteiger partial charge < -0.3 is 15.7 Å². The number of benzene rings is 1. The molecule has 1 saturated heterocycles. The molecule has 25 heavy (non-hydrogen) atoms. The molecule has 9 heteroatoms. The van der Waals surface area contributed by atoms with Crippen LogP contribution >= 0.6 is 12.4 Å². The second-order valence-electron chi connectivity index (χ2n) is 6.52. The summed E-state index contributed by atoms with van der Waals surface area (Å²) in [6.07, 6.45) is 1.66. The Morgan fingerprint density at radius 2 is 2.00 bits per heavy atom. The maximum Gasteiger partial charge on any atom is 0.251 e. The van der Waals surface area contributed by atoms with Crippen molar-refractivity contribution in [2.75, 3.05) is 26.2 Å². The van der Waals surface area contributed by atoms with Crippen molar-refractivity contribution in [2.24, 2.45) is 11.8 Å². The summed E-state index contributed by atoms with van der Waals surface area (Å²) in [4.78, 5) is 12.3. The predicted molar refractivity (Wildman–Crippen MR) is 96.3 cm³/mol. The van der Waals surface area contributed by atoms with Gasteiger partial charge in [0, 0.05) is 37.7 Å². The van der Waals surface area contributed by atoms with Crippen LogP contribution in [0.1, 0.15) is 23.2 Å². The number of amides is 1. The molecule has 7 nitrogen and oxygen atoms in total. The molecule has 2 unspecified atom stereocenters. The van der Waals surface area contributed by atoms with Crippen LogP contribution in [0, 0.1) is 11.8 Å². The highest BCUT2D eigenvalue weighted by Crippen LogP contribution is 2.28. The number of hydrogen-bond donors (Lipinski definition) is 4. The summed E-state index contributed by atoms with van der Waals surface area (Å²) in [6, 6.07) is 6.01. The smallest absolute Gasteiger partial charge is 0.251 e. The number of sulfonamides is 1. The molecule has 0 bridgehead atoms. The summed E-state index contributed by atoms with van der Waals surface area (Å²) in [5.74, 6) is 0.0760. The Morgan fingerprint density at radius 3 is 2.64 bits per heavy atom. The van der Waals surface area contributed by atoms with E-state index in [2.05, 4.69) is 15.4 Å². The lowest BCUT2D eigenvalue weighted by Gasteiger charge is -2.14. The summed E-state index contributed by atoms with van der Waals surface area (Å²) in [7, 11) is -3.59. The largest absolute Gasteiger partial charge is 0.391 e. The highest BCUT2D eigenvalue weighted by molar-refractivity contribution is 7.89. The van der Waals surface area contributed by atoms with Gasteiger partial charge in [-0.3, -0.25) is 4.79 Å². The van der Waals surface area contributed by atoms with Gasteiger partial charge in [-0.05, 0) is 37.0 Å². The van der Waals surface area contributed by atoms with Crippen molar-refractivity contribution >= 4 is 28.3 Å². The van der Waals surface area contributed by atoms with E-state index in [-0.39, 0.29) is 29.1 Å². The van der Waals surface area contributed by atoms with Crippen LogP contribution in [0.3, 0.4) is 0 Å². The van der Waals surface area contributed by atoms with Crippen LogP contribution in [-0.4, -0.2) is 51.7 Å². The van der Waals surface area contributed by atoms with Crippen molar-refractivity contribution in [1.82, 2.24) is 15.4 Å². The van der Waals surface area contributed by atoms with Crippen LogP contribution in [0.2, 0.25) is 0 Å². The third-order valence-corrected chi connectivity index (χ3v) is 5.92. The van der Waals surface area contributed by atoms with Crippen LogP contribution in [0.5, 0.6) is 0 Å². The number of β-amino-alcohol motifs (C(OH)–C–C–N with tert-alkyl or cyclic N) is 1. The first-order valence-corrected chi connectivity index (χ1v) is 9.71. The molecule has 4 N–H and O–H groups in total. The number of hydrogen-bond acceptors (Lipinski definition) is 5. The monoisotopic (exact) mass is 389 g/mol. The van der Waals surface area contributed by atoms with Gasteiger partial charge in [-0.15, -0.1) is 12.4 Å². The molecule has 1 amide bonds. The zero-order valence-corrected chi connectivity index (χ0v) is 15.4. The third kappa shape index (κ3) is 5.39. The lowest BCUT2D eigenvalue weighted by molar-refractivity contribution is 0.0927. The fraction of sp³-hybridized carbons (Fsp3) is 0.562. The van der Waals surface area contributed by atoms with E-state index in [1.165, 1.54) is 12.1 Å². The normalized spacial score (nSPS) is 23.1. The molecule has 2 atom stereocenters. The fourth-order valence-corrected chi connectivity index (χ4v) is 3.85. The van der Waals surface area contributed by atoms with Gasteiger partial charge in [0.2, 0.25) is 10.0 Å². The molecule has 2 fully saturated rings. The minimum Gasteiger partial charge on any atom is -0.391 e. The highest BCUT2D eigenvalue weighted by atomic mass is 35.5. The van der Waals surface area contributed by atoms with E-state index >= 15 is 0 Å². The van der Waals surface area contributed by atoms with Crippen molar-refractivity contribution < 1.29 is 18.3 Å². The van der Waals surface area contributed by atoms with Crippen LogP contribution in [0.25, 0.3) is 0 Å². The Labute approximate surface area is 154 Å². The average Bonchev–Trinajstić information content (AvgIpc) is 3.32. The Morgan fingerprint density at radius 1 is 1.24 bits per heavy atom. The lowest BCUT2D eigenvalue weighted by Crippen LogP contribution is -2.34. The molecule has 140 valence electrons. The van der Waals surface area contributed by atoms with E-state index < -0.39 is 16.1 Å². The number of nitrogens with one attached hydrogen (secondary N) is 3. The zero-order chi connectivity index (χ0) is 17.2. The Bertz CT molecular complexity index is 709. The lowest BCUT2D eigenvalue weighted by atomic mass is 10.1. The van der Waals surface area contributed by atoms with Gasteiger partial charge in [-0.1, -0.05) is 6.07 Å². The minimum atomic E-state index is -3.59. The molecular weight excluding hydrogens is 366 g/mol. The quantitative estimate of drug-likeness (QED) is 0.529. The number of carbonyl (C=O) groups is 1. The molecule has 1 saturated carbocycles. The maximum atomic E-state index is 12.3. The van der Waals surface area contributed by atoms with Gasteiger partial charge in [-0.2, -0.15) is 0 Å². The standard InChI is InChI=1S/C16H23N3O4S.ClH/c20-15-10-17-8-13(15)9-18-16(21)12-2-1-3-14(6-12)24(22,23)19-7-11-4-5-11;/h1-3,6,11,13,15,17,19-20H,4-5,7-10H2,(H,18,21);1H. The topological polar surface area (TPSA) is 108 Å². The molecule has 1 aliphatic heterocycles.